The van der Waals surface area contributed by atoms with Crippen LogP contribution in [0.3, 0.4) is 0 Å². The molecule has 0 aliphatic carbocycles. The predicted molar refractivity (Wildman–Crippen MR) is 97.4 cm³/mol. The molecule has 0 aliphatic heterocycles. The predicted octanol–water partition coefficient (Wildman–Crippen LogP) is 4.96. The number of rotatable bonds is 2. The highest BCUT2D eigenvalue weighted by Crippen LogP contribution is 2.16. The summed E-state index contributed by atoms with van der Waals surface area (Å²) in [6, 6.07) is 7.93. The fraction of sp³-hybridized carbons (Fsp3) is 0.471. The maximum atomic E-state index is 11.9. The molecule has 3 nitrogen and oxygen atoms in total. The van der Waals surface area contributed by atoms with Crippen LogP contribution in [0.4, 0.5) is 4.79 Å². The first-order valence-electron chi connectivity index (χ1n) is 7.25. The second-order valence-corrected chi connectivity index (χ2v) is 12.8. The summed E-state index contributed by atoms with van der Waals surface area (Å²) in [6.45, 7) is 12.6. The van der Waals surface area contributed by atoms with Gasteiger partial charge in [-0.15, -0.1) is 5.54 Å². The van der Waals surface area contributed by atoms with Gasteiger partial charge in [-0.25, -0.2) is 8.72 Å². The van der Waals surface area contributed by atoms with Crippen molar-refractivity contribution in [3.63, 3.8) is 0 Å². The molecular formula is C17H24BrNO2Si. The van der Waals surface area contributed by atoms with E-state index < -0.39 is 19.8 Å². The summed E-state index contributed by atoms with van der Waals surface area (Å²) in [6.07, 6.45) is -0.393. The normalized spacial score (nSPS) is 11.4. The number of halogens is 1. The van der Waals surface area contributed by atoms with Crippen molar-refractivity contribution in [3.8, 4) is 11.5 Å². The largest absolute Gasteiger partial charge is 0.443 e. The maximum Gasteiger partial charge on any atom is 0.420 e. The van der Waals surface area contributed by atoms with Crippen LogP contribution < -0.4 is 0 Å². The van der Waals surface area contributed by atoms with E-state index in [0.717, 1.165) is 11.1 Å². The minimum Gasteiger partial charge on any atom is -0.443 e. The second-order valence-electron chi connectivity index (χ2n) is 7.20. The standard InChI is InChI=1S/C17H24BrNO2Si/c1-17(2,3)21-16(20)19(18)13-15-9-7-14(8-10-15)11-12-22(4,5)6/h7-10H,13H2,1-6H3. The van der Waals surface area contributed by atoms with E-state index in [2.05, 4.69) is 47.3 Å². The highest BCUT2D eigenvalue weighted by Gasteiger charge is 2.20. The Kier molecular flexibility index (Phi) is 6.27. The van der Waals surface area contributed by atoms with E-state index in [0.29, 0.717) is 6.54 Å². The lowest BCUT2D eigenvalue weighted by Crippen LogP contribution is -2.30. The lowest BCUT2D eigenvalue weighted by atomic mass is 10.1. The fourth-order valence-corrected chi connectivity index (χ4v) is 2.37. The van der Waals surface area contributed by atoms with Gasteiger partial charge in [-0.1, -0.05) is 37.7 Å². The monoisotopic (exact) mass is 381 g/mol. The third kappa shape index (κ3) is 7.67. The van der Waals surface area contributed by atoms with E-state index in [1.165, 1.54) is 3.93 Å². The van der Waals surface area contributed by atoms with Gasteiger partial charge in [0, 0.05) is 5.56 Å². The SMILES string of the molecule is CC(C)(C)OC(=O)N(Br)Cc1ccc(C#C[Si](C)(C)C)cc1. The van der Waals surface area contributed by atoms with Gasteiger partial charge in [-0.2, -0.15) is 0 Å². The van der Waals surface area contributed by atoms with Crippen molar-refractivity contribution < 1.29 is 9.53 Å². The minimum absolute atomic E-state index is 0.393. The zero-order valence-electron chi connectivity index (χ0n) is 14.2. The summed E-state index contributed by atoms with van der Waals surface area (Å²) in [5.74, 6) is 3.21. The number of benzene rings is 1. The molecule has 0 fully saturated rings. The van der Waals surface area contributed by atoms with E-state index in [1.807, 2.05) is 45.0 Å². The van der Waals surface area contributed by atoms with Crippen LogP contribution in [0.25, 0.3) is 0 Å². The summed E-state index contributed by atoms with van der Waals surface area (Å²) in [5.41, 5.74) is 4.86. The zero-order chi connectivity index (χ0) is 17.0. The molecule has 0 saturated carbocycles. The second kappa shape index (κ2) is 7.34. The van der Waals surface area contributed by atoms with Gasteiger partial charge in [0.05, 0.1) is 22.7 Å². The molecule has 0 spiro atoms. The molecule has 0 unspecified atom stereocenters. The van der Waals surface area contributed by atoms with Crippen LogP contribution in [0.5, 0.6) is 0 Å². The van der Waals surface area contributed by atoms with E-state index >= 15 is 0 Å². The molecular weight excluding hydrogens is 358 g/mol. The first-order valence-corrected chi connectivity index (χ1v) is 11.5. The van der Waals surface area contributed by atoms with Crippen molar-refractivity contribution in [2.75, 3.05) is 0 Å². The molecule has 0 bridgehead atoms. The van der Waals surface area contributed by atoms with Crippen molar-refractivity contribution in [3.05, 3.63) is 35.4 Å². The zero-order valence-corrected chi connectivity index (χ0v) is 16.7. The Morgan fingerprint density at radius 2 is 1.77 bits per heavy atom. The summed E-state index contributed by atoms with van der Waals surface area (Å²) >= 11 is 3.24. The Bertz CT molecular complexity index is 574. The van der Waals surface area contributed by atoms with Crippen molar-refractivity contribution in [2.24, 2.45) is 0 Å². The van der Waals surface area contributed by atoms with Crippen LogP contribution in [0.15, 0.2) is 24.3 Å². The molecule has 0 aliphatic rings. The lowest BCUT2D eigenvalue weighted by molar-refractivity contribution is 0.0407. The number of carbonyl (C=O) groups is 1. The maximum absolute atomic E-state index is 11.9. The third-order valence-electron chi connectivity index (χ3n) is 2.45. The van der Waals surface area contributed by atoms with E-state index in [-0.39, 0.29) is 0 Å². The van der Waals surface area contributed by atoms with Crippen molar-refractivity contribution in [1.29, 1.82) is 0 Å². The van der Waals surface area contributed by atoms with Gasteiger partial charge in [0.15, 0.2) is 0 Å². The Morgan fingerprint density at radius 3 is 2.23 bits per heavy atom. The molecule has 0 saturated heterocycles. The molecule has 5 heteroatoms. The smallest absolute Gasteiger partial charge is 0.420 e. The fourth-order valence-electron chi connectivity index (χ4n) is 1.49. The summed E-state index contributed by atoms with van der Waals surface area (Å²) in [7, 11) is -1.36. The van der Waals surface area contributed by atoms with Crippen LogP contribution in [0.1, 0.15) is 31.9 Å². The molecule has 0 aromatic heterocycles. The summed E-state index contributed by atoms with van der Waals surface area (Å²) in [5, 5.41) is 0. The van der Waals surface area contributed by atoms with E-state index in [4.69, 9.17) is 4.74 Å². The van der Waals surface area contributed by atoms with Crippen molar-refractivity contribution in [1.82, 2.24) is 3.93 Å². The van der Waals surface area contributed by atoms with Gasteiger partial charge in [0.2, 0.25) is 0 Å². The Balaban J connectivity index is 2.68. The Hall–Kier alpha value is -1.25. The number of hydrogen-bond acceptors (Lipinski definition) is 2. The number of amides is 1. The molecule has 0 atom stereocenters. The van der Waals surface area contributed by atoms with Crippen LogP contribution in [-0.4, -0.2) is 23.7 Å². The lowest BCUT2D eigenvalue weighted by Gasteiger charge is -2.23. The molecule has 22 heavy (non-hydrogen) atoms. The highest BCUT2D eigenvalue weighted by atomic mass is 79.9. The average molecular weight is 382 g/mol. The van der Waals surface area contributed by atoms with Gasteiger partial charge in [-0.05, 0) is 38.5 Å². The molecule has 0 N–H and O–H groups in total. The average Bonchev–Trinajstić information content (AvgIpc) is 2.35. The van der Waals surface area contributed by atoms with Crippen LogP contribution in [0.2, 0.25) is 19.6 Å². The molecule has 1 aromatic rings. The van der Waals surface area contributed by atoms with Gasteiger partial charge in [0.25, 0.3) is 0 Å². The first-order chi connectivity index (χ1) is 9.96. The molecule has 0 radical (unpaired) electrons. The van der Waals surface area contributed by atoms with Gasteiger partial charge in [-0.3, -0.25) is 0 Å². The van der Waals surface area contributed by atoms with Gasteiger partial charge >= 0.3 is 6.09 Å². The molecule has 0 heterocycles. The molecule has 1 aromatic carbocycles. The quantitative estimate of drug-likeness (QED) is 0.411. The molecule has 1 amide bonds. The van der Waals surface area contributed by atoms with Crippen LogP contribution >= 0.6 is 16.1 Å². The number of hydrogen-bond donors (Lipinski definition) is 0. The van der Waals surface area contributed by atoms with Gasteiger partial charge in [0.1, 0.15) is 13.7 Å². The Morgan fingerprint density at radius 1 is 1.23 bits per heavy atom. The number of ether oxygens (including phenoxy) is 1. The minimum atomic E-state index is -1.36. The Labute approximate surface area is 143 Å². The first kappa shape index (κ1) is 18.8. The van der Waals surface area contributed by atoms with Crippen LogP contribution in [-0.2, 0) is 11.3 Å². The molecule has 1 rings (SSSR count). The number of carbonyl (C=O) groups excluding carboxylic acids is 1. The summed E-state index contributed by atoms with van der Waals surface area (Å²) in [4.78, 5) is 11.9. The third-order valence-corrected chi connectivity index (χ3v) is 3.86. The van der Waals surface area contributed by atoms with Gasteiger partial charge < -0.3 is 4.74 Å². The van der Waals surface area contributed by atoms with Crippen molar-refractivity contribution in [2.45, 2.75) is 52.6 Å². The number of nitrogens with zero attached hydrogens (tertiary/aromatic N) is 1. The molecule has 120 valence electrons. The van der Waals surface area contributed by atoms with Crippen molar-refractivity contribution >= 4 is 30.3 Å². The topological polar surface area (TPSA) is 29.5 Å². The summed E-state index contributed by atoms with van der Waals surface area (Å²) < 4.78 is 6.68. The highest BCUT2D eigenvalue weighted by molar-refractivity contribution is 9.07. The van der Waals surface area contributed by atoms with Crippen LogP contribution in [0, 0.1) is 11.5 Å². The van der Waals surface area contributed by atoms with E-state index in [9.17, 15) is 4.79 Å². The van der Waals surface area contributed by atoms with E-state index in [1.54, 1.807) is 0 Å².